The number of carbonyl (C=O) groups is 2. The Hall–Kier alpha value is -2.70. The molecule has 7 nitrogen and oxygen atoms in total. The van der Waals surface area contributed by atoms with Gasteiger partial charge in [0.1, 0.15) is 12.2 Å². The Bertz CT molecular complexity index is 748. The molecule has 2 aromatic rings. The molecule has 25 heavy (non-hydrogen) atoms. The van der Waals surface area contributed by atoms with Crippen LogP contribution in [0.3, 0.4) is 0 Å². The summed E-state index contributed by atoms with van der Waals surface area (Å²) >= 11 is 0. The van der Waals surface area contributed by atoms with E-state index in [1.807, 2.05) is 6.20 Å². The zero-order chi connectivity index (χ0) is 17.8. The van der Waals surface area contributed by atoms with Gasteiger partial charge in [-0.3, -0.25) is 9.59 Å². The Morgan fingerprint density at radius 2 is 2.00 bits per heavy atom. The van der Waals surface area contributed by atoms with Gasteiger partial charge in [0.15, 0.2) is 0 Å². The Labute approximate surface area is 146 Å². The van der Waals surface area contributed by atoms with Crippen molar-refractivity contribution in [2.75, 3.05) is 6.54 Å². The third kappa shape index (κ3) is 4.04. The van der Waals surface area contributed by atoms with Gasteiger partial charge < -0.3 is 10.4 Å². The van der Waals surface area contributed by atoms with Crippen LogP contribution in [-0.4, -0.2) is 38.5 Å². The van der Waals surface area contributed by atoms with Gasteiger partial charge >= 0.3 is 5.97 Å². The standard InChI is InChI=1S/C18H22N4O3/c1-2-3-12-4-6-13(7-5-12)16-11-22(21-20-16)15-8-14(9-15)18(25)19-10-17(23)24/h4-7,11,14-15H,2-3,8-10H2,1H3,(H,19,25)(H,23,24). The van der Waals surface area contributed by atoms with Gasteiger partial charge in [0.25, 0.3) is 0 Å². The first-order chi connectivity index (χ1) is 12.1. The molecule has 0 saturated heterocycles. The van der Waals surface area contributed by atoms with Crippen molar-refractivity contribution in [3.05, 3.63) is 36.0 Å². The number of carboxylic acid groups (broad SMARTS) is 1. The molecule has 1 aliphatic carbocycles. The summed E-state index contributed by atoms with van der Waals surface area (Å²) < 4.78 is 1.80. The molecule has 1 aromatic carbocycles. The van der Waals surface area contributed by atoms with Gasteiger partial charge in [-0.15, -0.1) is 5.10 Å². The smallest absolute Gasteiger partial charge is 0.322 e. The van der Waals surface area contributed by atoms with Gasteiger partial charge in [0, 0.05) is 11.5 Å². The van der Waals surface area contributed by atoms with Crippen molar-refractivity contribution in [3.8, 4) is 11.3 Å². The van der Waals surface area contributed by atoms with E-state index in [9.17, 15) is 9.59 Å². The number of benzene rings is 1. The summed E-state index contributed by atoms with van der Waals surface area (Å²) in [5.41, 5.74) is 3.16. The molecule has 3 rings (SSSR count). The molecule has 132 valence electrons. The molecule has 0 unspecified atom stereocenters. The van der Waals surface area contributed by atoms with Crippen LogP contribution in [0.4, 0.5) is 0 Å². The van der Waals surface area contributed by atoms with E-state index in [-0.39, 0.29) is 24.4 Å². The Kier molecular flexibility index (Phi) is 5.11. The molecule has 1 amide bonds. The van der Waals surface area contributed by atoms with Gasteiger partial charge in [0.2, 0.25) is 5.91 Å². The van der Waals surface area contributed by atoms with Crippen molar-refractivity contribution in [1.82, 2.24) is 20.3 Å². The average molecular weight is 342 g/mol. The number of amides is 1. The van der Waals surface area contributed by atoms with Crippen LogP contribution in [0.1, 0.15) is 37.8 Å². The number of rotatable bonds is 7. The maximum Gasteiger partial charge on any atom is 0.322 e. The molecule has 0 radical (unpaired) electrons. The summed E-state index contributed by atoms with van der Waals surface area (Å²) in [6.45, 7) is 1.83. The second kappa shape index (κ2) is 7.46. The highest BCUT2D eigenvalue weighted by molar-refractivity contribution is 5.83. The lowest BCUT2D eigenvalue weighted by atomic mass is 9.79. The van der Waals surface area contributed by atoms with E-state index in [2.05, 4.69) is 46.8 Å². The van der Waals surface area contributed by atoms with Crippen molar-refractivity contribution in [2.45, 2.75) is 38.6 Å². The number of carbonyl (C=O) groups excluding carboxylic acids is 1. The summed E-state index contributed by atoms with van der Waals surface area (Å²) in [4.78, 5) is 22.3. The average Bonchev–Trinajstić information content (AvgIpc) is 3.02. The number of hydrogen-bond donors (Lipinski definition) is 2. The number of carboxylic acids is 1. The number of nitrogens with zero attached hydrogens (tertiary/aromatic N) is 3. The summed E-state index contributed by atoms with van der Waals surface area (Å²) in [5.74, 6) is -1.38. The molecule has 0 spiro atoms. The second-order valence-corrected chi connectivity index (χ2v) is 6.46. The number of aromatic nitrogens is 3. The number of aryl methyl sites for hydroxylation is 1. The largest absolute Gasteiger partial charge is 0.480 e. The van der Waals surface area contributed by atoms with E-state index in [4.69, 9.17) is 5.11 Å². The molecule has 1 aliphatic rings. The number of nitrogens with one attached hydrogen (secondary N) is 1. The zero-order valence-corrected chi connectivity index (χ0v) is 14.2. The molecule has 2 N–H and O–H groups in total. The van der Waals surface area contributed by atoms with Crippen LogP contribution < -0.4 is 5.32 Å². The lowest BCUT2D eigenvalue weighted by Crippen LogP contribution is -2.41. The molecule has 1 aromatic heterocycles. The predicted molar refractivity (Wildman–Crippen MR) is 91.9 cm³/mol. The van der Waals surface area contributed by atoms with Gasteiger partial charge in [0.05, 0.1) is 12.2 Å². The van der Waals surface area contributed by atoms with E-state index < -0.39 is 5.97 Å². The van der Waals surface area contributed by atoms with Gasteiger partial charge in [-0.25, -0.2) is 4.68 Å². The highest BCUT2D eigenvalue weighted by Crippen LogP contribution is 2.37. The Morgan fingerprint density at radius 3 is 2.64 bits per heavy atom. The number of aliphatic carboxylic acids is 1. The molecule has 1 heterocycles. The summed E-state index contributed by atoms with van der Waals surface area (Å²) in [6.07, 6.45) is 5.41. The first-order valence-corrected chi connectivity index (χ1v) is 8.57. The van der Waals surface area contributed by atoms with Gasteiger partial charge in [-0.2, -0.15) is 0 Å². The second-order valence-electron chi connectivity index (χ2n) is 6.46. The quantitative estimate of drug-likeness (QED) is 0.802. The van der Waals surface area contributed by atoms with Crippen molar-refractivity contribution in [3.63, 3.8) is 0 Å². The highest BCUT2D eigenvalue weighted by Gasteiger charge is 2.36. The van der Waals surface area contributed by atoms with Crippen LogP contribution in [0.5, 0.6) is 0 Å². The third-order valence-electron chi connectivity index (χ3n) is 4.57. The summed E-state index contributed by atoms with van der Waals surface area (Å²) in [6, 6.07) is 8.49. The van der Waals surface area contributed by atoms with E-state index in [1.54, 1.807) is 4.68 Å². The van der Waals surface area contributed by atoms with Crippen molar-refractivity contribution in [2.24, 2.45) is 5.92 Å². The molecule has 0 bridgehead atoms. The van der Waals surface area contributed by atoms with E-state index in [0.717, 1.165) is 24.1 Å². The molecule has 0 atom stereocenters. The molecular formula is C18H22N4O3. The minimum Gasteiger partial charge on any atom is -0.480 e. The third-order valence-corrected chi connectivity index (χ3v) is 4.57. The normalized spacial score (nSPS) is 19.2. The fourth-order valence-corrected chi connectivity index (χ4v) is 3.04. The predicted octanol–water partition coefficient (Wildman–Crippen LogP) is 2.05. The van der Waals surface area contributed by atoms with Crippen LogP contribution >= 0.6 is 0 Å². The first kappa shape index (κ1) is 17.1. The van der Waals surface area contributed by atoms with Crippen LogP contribution in [0.25, 0.3) is 11.3 Å². The van der Waals surface area contributed by atoms with Crippen LogP contribution in [0.15, 0.2) is 30.5 Å². The van der Waals surface area contributed by atoms with Gasteiger partial charge in [-0.05, 0) is 24.8 Å². The topological polar surface area (TPSA) is 97.1 Å². The lowest BCUT2D eigenvalue weighted by Gasteiger charge is -2.33. The lowest BCUT2D eigenvalue weighted by molar-refractivity contribution is -0.139. The minimum absolute atomic E-state index is 0.140. The maximum absolute atomic E-state index is 11.8. The monoisotopic (exact) mass is 342 g/mol. The van der Waals surface area contributed by atoms with Crippen molar-refractivity contribution >= 4 is 11.9 Å². The molecule has 1 saturated carbocycles. The molecule has 0 aliphatic heterocycles. The molecule has 1 fully saturated rings. The van der Waals surface area contributed by atoms with Crippen molar-refractivity contribution in [1.29, 1.82) is 0 Å². The first-order valence-electron chi connectivity index (χ1n) is 8.57. The fraction of sp³-hybridized carbons (Fsp3) is 0.444. The van der Waals surface area contributed by atoms with Crippen LogP contribution in [0.2, 0.25) is 0 Å². The number of hydrogen-bond acceptors (Lipinski definition) is 4. The Morgan fingerprint density at radius 1 is 1.28 bits per heavy atom. The Balaban J connectivity index is 1.56. The SMILES string of the molecule is CCCc1ccc(-c2cn(C3CC(C(=O)NCC(=O)O)C3)nn2)cc1. The molecular weight excluding hydrogens is 320 g/mol. The van der Waals surface area contributed by atoms with Crippen LogP contribution in [-0.2, 0) is 16.0 Å². The van der Waals surface area contributed by atoms with E-state index >= 15 is 0 Å². The van der Waals surface area contributed by atoms with Gasteiger partial charge in [-0.1, -0.05) is 42.8 Å². The van der Waals surface area contributed by atoms with Crippen LogP contribution in [0, 0.1) is 5.92 Å². The summed E-state index contributed by atoms with van der Waals surface area (Å²) in [5, 5.41) is 19.4. The van der Waals surface area contributed by atoms with E-state index in [1.165, 1.54) is 5.56 Å². The highest BCUT2D eigenvalue weighted by atomic mass is 16.4. The summed E-state index contributed by atoms with van der Waals surface area (Å²) in [7, 11) is 0. The minimum atomic E-state index is -1.03. The zero-order valence-electron chi connectivity index (χ0n) is 14.2. The molecule has 7 heteroatoms. The van der Waals surface area contributed by atoms with E-state index in [0.29, 0.717) is 12.8 Å². The fourth-order valence-electron chi connectivity index (χ4n) is 3.04. The van der Waals surface area contributed by atoms with Crippen molar-refractivity contribution < 1.29 is 14.7 Å². The maximum atomic E-state index is 11.8.